The fourth-order valence-corrected chi connectivity index (χ4v) is 4.21. The molecule has 0 aromatic heterocycles. The second-order valence-electron chi connectivity index (χ2n) is 8.25. The Kier molecular flexibility index (Phi) is 7.26. The van der Waals surface area contributed by atoms with E-state index in [2.05, 4.69) is 22.8 Å². The van der Waals surface area contributed by atoms with Crippen molar-refractivity contribution >= 4 is 18.0 Å². The molecule has 178 valence electrons. The standard InChI is InChI=1S/C28H26N2O5/c1-18(26(31)30-25(27(32)33)19-9-3-2-4-10-19)15-16-29-28(34)35-17-24-22-13-7-5-11-20(22)21-12-6-8-14-23(21)24/h2-15,24-25H,16-17H2,1H3,(H,29,34)(H,30,31)(H,32,33)/b18-15+/t25-/m0/s1. The van der Waals surface area contributed by atoms with E-state index in [1.165, 1.54) is 6.08 Å². The van der Waals surface area contributed by atoms with Crippen molar-refractivity contribution in [3.63, 3.8) is 0 Å². The van der Waals surface area contributed by atoms with E-state index in [1.54, 1.807) is 37.3 Å². The minimum atomic E-state index is -1.16. The first kappa shape index (κ1) is 23.8. The predicted octanol–water partition coefficient (Wildman–Crippen LogP) is 4.41. The molecular weight excluding hydrogens is 444 g/mol. The Balaban J connectivity index is 1.30. The molecule has 0 fully saturated rings. The van der Waals surface area contributed by atoms with Gasteiger partial charge in [-0.25, -0.2) is 9.59 Å². The highest BCUT2D eigenvalue weighted by atomic mass is 16.5. The Hall–Kier alpha value is -4.39. The molecule has 0 spiro atoms. The summed E-state index contributed by atoms with van der Waals surface area (Å²) in [5.41, 5.74) is 5.30. The maximum Gasteiger partial charge on any atom is 0.407 e. The van der Waals surface area contributed by atoms with Crippen molar-refractivity contribution in [3.8, 4) is 11.1 Å². The van der Waals surface area contributed by atoms with Crippen LogP contribution in [0.5, 0.6) is 0 Å². The lowest BCUT2D eigenvalue weighted by Gasteiger charge is -2.15. The number of rotatable bonds is 8. The number of aliphatic carboxylic acids is 1. The molecule has 0 bridgehead atoms. The van der Waals surface area contributed by atoms with Gasteiger partial charge >= 0.3 is 12.1 Å². The van der Waals surface area contributed by atoms with Crippen molar-refractivity contribution in [2.45, 2.75) is 18.9 Å². The summed E-state index contributed by atoms with van der Waals surface area (Å²) < 4.78 is 5.48. The maximum absolute atomic E-state index is 12.5. The van der Waals surface area contributed by atoms with Crippen molar-refractivity contribution < 1.29 is 24.2 Å². The van der Waals surface area contributed by atoms with Crippen molar-refractivity contribution in [1.82, 2.24) is 10.6 Å². The third-order valence-corrected chi connectivity index (χ3v) is 6.01. The molecule has 3 aromatic carbocycles. The van der Waals surface area contributed by atoms with Gasteiger partial charge in [0, 0.05) is 18.0 Å². The Bertz CT molecular complexity index is 1220. The molecule has 3 N–H and O–H groups in total. The second kappa shape index (κ2) is 10.7. The number of carbonyl (C=O) groups is 3. The van der Waals surface area contributed by atoms with Crippen LogP contribution in [0.15, 0.2) is 90.5 Å². The number of amides is 2. The van der Waals surface area contributed by atoms with Crippen molar-refractivity contribution in [2.75, 3.05) is 13.2 Å². The van der Waals surface area contributed by atoms with Crippen LogP contribution in [0.4, 0.5) is 4.79 Å². The molecule has 0 unspecified atom stereocenters. The van der Waals surface area contributed by atoms with E-state index < -0.39 is 24.0 Å². The Morgan fingerprint density at radius 2 is 1.49 bits per heavy atom. The summed E-state index contributed by atoms with van der Waals surface area (Å²) in [6.07, 6.45) is 0.921. The fraction of sp³-hybridized carbons (Fsp3) is 0.179. The molecule has 35 heavy (non-hydrogen) atoms. The number of ether oxygens (including phenoxy) is 1. The predicted molar refractivity (Wildman–Crippen MR) is 132 cm³/mol. The van der Waals surface area contributed by atoms with Gasteiger partial charge in [-0.2, -0.15) is 0 Å². The number of fused-ring (bicyclic) bond motifs is 3. The van der Waals surface area contributed by atoms with E-state index in [0.29, 0.717) is 5.56 Å². The lowest BCUT2D eigenvalue weighted by molar-refractivity contribution is -0.141. The van der Waals surface area contributed by atoms with Crippen LogP contribution >= 0.6 is 0 Å². The summed E-state index contributed by atoms with van der Waals surface area (Å²) in [5.74, 6) is -1.73. The van der Waals surface area contributed by atoms with Crippen molar-refractivity contribution in [3.05, 3.63) is 107 Å². The van der Waals surface area contributed by atoms with Crippen LogP contribution in [-0.4, -0.2) is 36.2 Å². The van der Waals surface area contributed by atoms with Gasteiger partial charge in [-0.05, 0) is 34.7 Å². The Morgan fingerprint density at radius 1 is 0.914 bits per heavy atom. The van der Waals surface area contributed by atoms with Gasteiger partial charge in [0.05, 0.1) is 0 Å². The van der Waals surface area contributed by atoms with E-state index in [9.17, 15) is 19.5 Å². The molecule has 3 aromatic rings. The van der Waals surface area contributed by atoms with Gasteiger partial charge in [0.2, 0.25) is 5.91 Å². The average molecular weight is 471 g/mol. The zero-order valence-electron chi connectivity index (χ0n) is 19.2. The van der Waals surface area contributed by atoms with Crippen LogP contribution in [0.25, 0.3) is 11.1 Å². The Labute approximate surface area is 203 Å². The quantitative estimate of drug-likeness (QED) is 0.423. The van der Waals surface area contributed by atoms with E-state index >= 15 is 0 Å². The molecular formula is C28H26N2O5. The monoisotopic (exact) mass is 470 g/mol. The summed E-state index contributed by atoms with van der Waals surface area (Å²) >= 11 is 0. The molecule has 0 aliphatic heterocycles. The molecule has 0 saturated heterocycles. The zero-order chi connectivity index (χ0) is 24.8. The van der Waals surface area contributed by atoms with E-state index in [0.717, 1.165) is 22.3 Å². The summed E-state index contributed by atoms with van der Waals surface area (Å²) in [5, 5.41) is 14.6. The van der Waals surface area contributed by atoms with Gasteiger partial charge in [0.1, 0.15) is 6.61 Å². The maximum atomic E-state index is 12.5. The number of alkyl carbamates (subject to hydrolysis) is 1. The number of nitrogens with one attached hydrogen (secondary N) is 2. The lowest BCUT2D eigenvalue weighted by Crippen LogP contribution is -2.34. The fourth-order valence-electron chi connectivity index (χ4n) is 4.21. The van der Waals surface area contributed by atoms with Crippen LogP contribution in [0.1, 0.15) is 35.6 Å². The molecule has 4 rings (SSSR count). The van der Waals surface area contributed by atoms with Crippen LogP contribution < -0.4 is 10.6 Å². The summed E-state index contributed by atoms with van der Waals surface area (Å²) in [6, 6.07) is 23.5. The third kappa shape index (κ3) is 5.41. The number of benzene rings is 3. The number of carboxylic acids is 1. The van der Waals surface area contributed by atoms with Gasteiger partial charge < -0.3 is 20.5 Å². The largest absolute Gasteiger partial charge is 0.479 e. The van der Waals surface area contributed by atoms with Crippen LogP contribution in [-0.2, 0) is 14.3 Å². The molecule has 0 radical (unpaired) electrons. The molecule has 2 amide bonds. The highest BCUT2D eigenvalue weighted by molar-refractivity contribution is 5.95. The van der Waals surface area contributed by atoms with Crippen LogP contribution in [0.3, 0.4) is 0 Å². The topological polar surface area (TPSA) is 105 Å². The molecule has 0 heterocycles. The van der Waals surface area contributed by atoms with E-state index in [1.807, 2.05) is 36.4 Å². The van der Waals surface area contributed by atoms with Gasteiger partial charge in [0.25, 0.3) is 0 Å². The first-order chi connectivity index (χ1) is 17.0. The van der Waals surface area contributed by atoms with Crippen LogP contribution in [0, 0.1) is 0 Å². The molecule has 7 heteroatoms. The van der Waals surface area contributed by atoms with E-state index in [-0.39, 0.29) is 24.6 Å². The normalized spacial score (nSPS) is 13.3. The van der Waals surface area contributed by atoms with Crippen molar-refractivity contribution in [1.29, 1.82) is 0 Å². The highest BCUT2D eigenvalue weighted by Crippen LogP contribution is 2.44. The first-order valence-corrected chi connectivity index (χ1v) is 11.3. The van der Waals surface area contributed by atoms with Gasteiger partial charge in [-0.1, -0.05) is 84.9 Å². The number of hydrogen-bond donors (Lipinski definition) is 3. The first-order valence-electron chi connectivity index (χ1n) is 11.3. The van der Waals surface area contributed by atoms with Gasteiger partial charge in [-0.15, -0.1) is 0 Å². The lowest BCUT2D eigenvalue weighted by atomic mass is 9.98. The molecule has 0 saturated carbocycles. The third-order valence-electron chi connectivity index (χ3n) is 6.01. The van der Waals surface area contributed by atoms with Crippen LogP contribution in [0.2, 0.25) is 0 Å². The molecule has 1 atom stereocenters. The summed E-state index contributed by atoms with van der Waals surface area (Å²) in [4.78, 5) is 36.3. The van der Waals surface area contributed by atoms with E-state index in [4.69, 9.17) is 4.74 Å². The number of carbonyl (C=O) groups excluding carboxylic acids is 2. The number of hydrogen-bond acceptors (Lipinski definition) is 4. The Morgan fingerprint density at radius 3 is 2.09 bits per heavy atom. The van der Waals surface area contributed by atoms with Crippen molar-refractivity contribution in [2.24, 2.45) is 0 Å². The minimum Gasteiger partial charge on any atom is -0.479 e. The highest BCUT2D eigenvalue weighted by Gasteiger charge is 2.29. The minimum absolute atomic E-state index is 0.0397. The molecule has 7 nitrogen and oxygen atoms in total. The van der Waals surface area contributed by atoms with Gasteiger partial charge in [-0.3, -0.25) is 4.79 Å². The summed E-state index contributed by atoms with van der Waals surface area (Å²) in [6.45, 7) is 1.82. The smallest absolute Gasteiger partial charge is 0.407 e. The zero-order valence-corrected chi connectivity index (χ0v) is 19.2. The molecule has 1 aliphatic rings. The second-order valence-corrected chi connectivity index (χ2v) is 8.25. The summed E-state index contributed by atoms with van der Waals surface area (Å²) in [7, 11) is 0. The van der Waals surface area contributed by atoms with Gasteiger partial charge in [0.15, 0.2) is 6.04 Å². The molecule has 1 aliphatic carbocycles. The average Bonchev–Trinajstić information content (AvgIpc) is 3.19. The SMILES string of the molecule is C/C(=C\CNC(=O)OCC1c2ccccc2-c2ccccc21)C(=O)N[C@H](C(=O)O)c1ccccc1. The number of carboxylic acid groups (broad SMARTS) is 1.